The van der Waals surface area contributed by atoms with Crippen molar-refractivity contribution in [1.29, 1.82) is 0 Å². The van der Waals surface area contributed by atoms with Crippen molar-refractivity contribution in [2.24, 2.45) is 5.10 Å². The minimum absolute atomic E-state index is 0.000126. The van der Waals surface area contributed by atoms with Crippen LogP contribution in [0.15, 0.2) is 52.2 Å². The molecule has 6 nitrogen and oxygen atoms in total. The molecule has 3 rings (SSSR count). The van der Waals surface area contributed by atoms with Crippen molar-refractivity contribution >= 4 is 17.3 Å². The molecule has 1 aromatic carbocycles. The number of amides is 1. The topological polar surface area (TPSA) is 61.1 Å². The largest absolute Gasteiger partial charge is 0.468 e. The smallest absolute Gasteiger partial charge is 0.251 e. The van der Waals surface area contributed by atoms with Crippen LogP contribution in [0.4, 0.5) is 5.69 Å². The molecule has 0 aliphatic carbocycles. The number of anilines is 1. The third-order valence-electron chi connectivity index (χ3n) is 4.36. The third kappa shape index (κ3) is 4.09. The van der Waals surface area contributed by atoms with E-state index in [0.717, 1.165) is 30.1 Å². The predicted molar refractivity (Wildman–Crippen MR) is 99.0 cm³/mol. The van der Waals surface area contributed by atoms with Gasteiger partial charge in [0.15, 0.2) is 0 Å². The Bertz CT molecular complexity index is 735. The van der Waals surface area contributed by atoms with Gasteiger partial charge >= 0.3 is 0 Å². The third-order valence-corrected chi connectivity index (χ3v) is 4.36. The summed E-state index contributed by atoms with van der Waals surface area (Å²) in [5.74, 6) is 0.744. The Morgan fingerprint density at radius 1 is 1.32 bits per heavy atom. The number of nitrogens with zero attached hydrogens (tertiary/aromatic N) is 3. The summed E-state index contributed by atoms with van der Waals surface area (Å²) < 4.78 is 5.47. The van der Waals surface area contributed by atoms with Gasteiger partial charge in [-0.15, -0.1) is 0 Å². The van der Waals surface area contributed by atoms with Gasteiger partial charge in [0.1, 0.15) is 5.76 Å². The second-order valence-corrected chi connectivity index (χ2v) is 6.46. The first-order chi connectivity index (χ1) is 12.0. The van der Waals surface area contributed by atoms with Crippen LogP contribution in [0, 0.1) is 0 Å². The molecule has 1 amide bonds. The van der Waals surface area contributed by atoms with E-state index in [0.29, 0.717) is 12.1 Å². The summed E-state index contributed by atoms with van der Waals surface area (Å²) in [6, 6.07) is 11.3. The summed E-state index contributed by atoms with van der Waals surface area (Å²) >= 11 is 0. The van der Waals surface area contributed by atoms with E-state index in [1.165, 1.54) is 0 Å². The second-order valence-electron chi connectivity index (χ2n) is 6.46. The molecular weight excluding hydrogens is 316 g/mol. The van der Waals surface area contributed by atoms with Gasteiger partial charge in [0, 0.05) is 30.8 Å². The van der Waals surface area contributed by atoms with Crippen LogP contribution >= 0.6 is 0 Å². The Hall–Kier alpha value is -2.60. The zero-order valence-corrected chi connectivity index (χ0v) is 14.9. The number of carbonyl (C=O) groups excluding carboxylic acids is 1. The Kier molecular flexibility index (Phi) is 5.19. The maximum atomic E-state index is 12.4. The van der Waals surface area contributed by atoms with E-state index in [9.17, 15) is 4.79 Å². The molecule has 25 heavy (non-hydrogen) atoms. The van der Waals surface area contributed by atoms with Crippen LogP contribution in [0.1, 0.15) is 35.5 Å². The summed E-state index contributed by atoms with van der Waals surface area (Å²) in [5, 5.41) is 9.43. The first kappa shape index (κ1) is 17.2. The molecule has 0 fully saturated rings. The summed E-state index contributed by atoms with van der Waals surface area (Å²) in [7, 11) is 3.93. The zero-order chi connectivity index (χ0) is 17.8. The molecule has 1 atom stereocenters. The Balaban J connectivity index is 1.61. The van der Waals surface area contributed by atoms with E-state index in [1.807, 2.05) is 67.3 Å². The molecule has 2 aromatic rings. The van der Waals surface area contributed by atoms with E-state index in [-0.39, 0.29) is 11.9 Å². The molecule has 1 N–H and O–H groups in total. The van der Waals surface area contributed by atoms with Gasteiger partial charge in [0.25, 0.3) is 5.91 Å². The van der Waals surface area contributed by atoms with Crippen LogP contribution in [0.2, 0.25) is 0 Å². The molecule has 0 saturated heterocycles. The molecule has 2 heterocycles. The van der Waals surface area contributed by atoms with Crippen LogP contribution in [0.3, 0.4) is 0 Å². The van der Waals surface area contributed by atoms with Crippen molar-refractivity contribution in [2.45, 2.75) is 19.4 Å². The average Bonchev–Trinajstić information content (AvgIpc) is 3.27. The zero-order valence-electron chi connectivity index (χ0n) is 14.9. The molecule has 132 valence electrons. The molecule has 0 bridgehead atoms. The van der Waals surface area contributed by atoms with Gasteiger partial charge in [0.05, 0.1) is 18.0 Å². The van der Waals surface area contributed by atoms with E-state index < -0.39 is 0 Å². The molecule has 0 saturated carbocycles. The van der Waals surface area contributed by atoms with Crippen molar-refractivity contribution in [3.8, 4) is 0 Å². The molecule has 0 radical (unpaired) electrons. The number of hydrogen-bond acceptors (Lipinski definition) is 5. The van der Waals surface area contributed by atoms with Gasteiger partial charge in [-0.3, -0.25) is 14.7 Å². The Morgan fingerprint density at radius 3 is 2.64 bits per heavy atom. The number of hydrazone groups is 1. The van der Waals surface area contributed by atoms with Crippen molar-refractivity contribution in [3.05, 3.63) is 54.0 Å². The highest BCUT2D eigenvalue weighted by Crippen LogP contribution is 2.20. The molecule has 1 aromatic heterocycles. The molecular formula is C19H24N4O2. The maximum Gasteiger partial charge on any atom is 0.251 e. The fourth-order valence-corrected chi connectivity index (χ4v) is 2.86. The predicted octanol–water partition coefficient (Wildman–Crippen LogP) is 2.90. The number of likely N-dealkylation sites (N-methyl/N-ethyl adjacent to an activating group) is 1. The van der Waals surface area contributed by atoms with Gasteiger partial charge in [-0.2, -0.15) is 5.10 Å². The van der Waals surface area contributed by atoms with Gasteiger partial charge < -0.3 is 9.73 Å². The molecule has 1 aliphatic rings. The molecule has 0 spiro atoms. The van der Waals surface area contributed by atoms with E-state index >= 15 is 0 Å². The summed E-state index contributed by atoms with van der Waals surface area (Å²) in [4.78, 5) is 14.4. The minimum atomic E-state index is -0.0916. The highest BCUT2D eigenvalue weighted by Gasteiger charge is 2.18. The van der Waals surface area contributed by atoms with Crippen molar-refractivity contribution < 1.29 is 9.21 Å². The Morgan fingerprint density at radius 2 is 2.08 bits per heavy atom. The quantitative estimate of drug-likeness (QED) is 0.878. The first-order valence-corrected chi connectivity index (χ1v) is 8.44. The maximum absolute atomic E-state index is 12.4. The normalized spacial score (nSPS) is 15.4. The van der Waals surface area contributed by atoms with E-state index in [4.69, 9.17) is 4.42 Å². The number of furan rings is 1. The number of hydrogen-bond donors (Lipinski definition) is 1. The first-order valence-electron chi connectivity index (χ1n) is 8.44. The van der Waals surface area contributed by atoms with Crippen LogP contribution in [0.5, 0.6) is 0 Å². The van der Waals surface area contributed by atoms with Crippen molar-refractivity contribution in [1.82, 2.24) is 10.2 Å². The highest BCUT2D eigenvalue weighted by atomic mass is 16.3. The second kappa shape index (κ2) is 7.53. The minimum Gasteiger partial charge on any atom is -0.468 e. The SMILES string of the molecule is CC1=NN(c2ccc(C(=O)NC[C@H](c3ccco3)N(C)C)cc2)CC1. The molecule has 6 heteroatoms. The number of nitrogens with one attached hydrogen (secondary N) is 1. The van der Waals surface area contributed by atoms with Crippen LogP contribution in [-0.2, 0) is 0 Å². The van der Waals surface area contributed by atoms with Crippen molar-refractivity contribution in [3.63, 3.8) is 0 Å². The monoisotopic (exact) mass is 340 g/mol. The van der Waals surface area contributed by atoms with E-state index in [2.05, 4.69) is 10.4 Å². The van der Waals surface area contributed by atoms with Crippen LogP contribution < -0.4 is 10.3 Å². The molecule has 1 aliphatic heterocycles. The van der Waals surface area contributed by atoms with Gasteiger partial charge in [-0.1, -0.05) is 0 Å². The summed E-state index contributed by atoms with van der Waals surface area (Å²) in [6.07, 6.45) is 2.63. The Labute approximate surface area is 148 Å². The van der Waals surface area contributed by atoms with Crippen molar-refractivity contribution in [2.75, 3.05) is 32.2 Å². The van der Waals surface area contributed by atoms with Crippen LogP contribution in [-0.4, -0.2) is 43.7 Å². The van der Waals surface area contributed by atoms with Gasteiger partial charge in [0.2, 0.25) is 0 Å². The van der Waals surface area contributed by atoms with Crippen LogP contribution in [0.25, 0.3) is 0 Å². The number of carbonyl (C=O) groups is 1. The lowest BCUT2D eigenvalue weighted by molar-refractivity contribution is 0.0939. The molecule has 0 unspecified atom stereocenters. The standard InChI is InChI=1S/C19H24N4O2/c1-14-10-11-23(21-14)16-8-6-15(7-9-16)19(24)20-13-17(22(2)3)18-5-4-12-25-18/h4-9,12,17H,10-11,13H2,1-3H3,(H,20,24)/t17-/m1/s1. The number of benzene rings is 1. The average molecular weight is 340 g/mol. The lowest BCUT2D eigenvalue weighted by Gasteiger charge is -2.22. The fourth-order valence-electron chi connectivity index (χ4n) is 2.86. The lowest BCUT2D eigenvalue weighted by atomic mass is 10.1. The highest BCUT2D eigenvalue weighted by molar-refractivity contribution is 5.94. The van der Waals surface area contributed by atoms with Gasteiger partial charge in [-0.25, -0.2) is 0 Å². The lowest BCUT2D eigenvalue weighted by Crippen LogP contribution is -2.34. The number of rotatable bonds is 6. The van der Waals surface area contributed by atoms with Gasteiger partial charge in [-0.05, 0) is 57.4 Å². The summed E-state index contributed by atoms with van der Waals surface area (Å²) in [6.45, 7) is 3.41. The summed E-state index contributed by atoms with van der Waals surface area (Å²) in [5.41, 5.74) is 2.78. The van der Waals surface area contributed by atoms with E-state index in [1.54, 1.807) is 6.26 Å². The fraction of sp³-hybridized carbons (Fsp3) is 0.368.